The number of hydrogen-bond donors (Lipinski definition) is 2. The number of carbonyl (C=O) groups is 2. The van der Waals surface area contributed by atoms with Gasteiger partial charge in [0.25, 0.3) is 5.91 Å². The number of carboxylic acid groups (broad SMARTS) is 1. The molecule has 1 amide bonds. The van der Waals surface area contributed by atoms with Crippen molar-refractivity contribution in [3.05, 3.63) is 35.4 Å². The van der Waals surface area contributed by atoms with Gasteiger partial charge in [-0.15, -0.1) is 0 Å². The van der Waals surface area contributed by atoms with Gasteiger partial charge in [0.15, 0.2) is 0 Å². The van der Waals surface area contributed by atoms with Crippen LogP contribution in [0.4, 0.5) is 0 Å². The summed E-state index contributed by atoms with van der Waals surface area (Å²) in [5.74, 6) is -0.870. The summed E-state index contributed by atoms with van der Waals surface area (Å²) in [4.78, 5) is 24.3. The highest BCUT2D eigenvalue weighted by Crippen LogP contribution is 2.22. The van der Waals surface area contributed by atoms with Gasteiger partial charge in [-0.05, 0) is 31.2 Å². The number of carboxylic acids is 1. The molecule has 0 aliphatic rings. The van der Waals surface area contributed by atoms with Gasteiger partial charge in [0.1, 0.15) is 5.75 Å². The molecule has 0 bridgehead atoms. The molecule has 21 heavy (non-hydrogen) atoms. The van der Waals surface area contributed by atoms with Crippen LogP contribution in [-0.2, 0) is 4.79 Å². The lowest BCUT2D eigenvalue weighted by atomic mass is 10.1. The zero-order valence-corrected chi connectivity index (χ0v) is 12.2. The van der Waals surface area contributed by atoms with Crippen LogP contribution in [-0.4, -0.2) is 53.8 Å². The quantitative estimate of drug-likeness (QED) is 0.771. The number of nitrogens with zero attached hydrogens (tertiary/aromatic N) is 1. The number of amides is 1. The molecular weight excluding hydrogens is 274 g/mol. The number of hydrogen-bond acceptors (Lipinski definition) is 4. The van der Waals surface area contributed by atoms with Crippen LogP contribution in [0.3, 0.4) is 0 Å². The predicted molar refractivity (Wildman–Crippen MR) is 78.3 cm³/mol. The summed E-state index contributed by atoms with van der Waals surface area (Å²) >= 11 is 0. The van der Waals surface area contributed by atoms with Crippen molar-refractivity contribution >= 4 is 18.0 Å². The van der Waals surface area contributed by atoms with Crippen molar-refractivity contribution in [2.75, 3.05) is 20.8 Å². The second-order valence-corrected chi connectivity index (χ2v) is 4.58. The monoisotopic (exact) mass is 293 g/mol. The Kier molecular flexibility index (Phi) is 5.92. The molecule has 114 valence electrons. The van der Waals surface area contributed by atoms with E-state index in [9.17, 15) is 9.59 Å². The molecule has 0 saturated carbocycles. The van der Waals surface area contributed by atoms with Gasteiger partial charge in [0.2, 0.25) is 0 Å². The fourth-order valence-corrected chi connectivity index (χ4v) is 1.68. The minimum absolute atomic E-state index is 0.135. The Morgan fingerprint density at radius 2 is 2.10 bits per heavy atom. The summed E-state index contributed by atoms with van der Waals surface area (Å²) < 4.78 is 5.13. The normalized spacial score (nSPS) is 12.2. The molecule has 1 aromatic rings. The van der Waals surface area contributed by atoms with Crippen molar-refractivity contribution in [1.29, 1.82) is 0 Å². The molecule has 0 aliphatic carbocycles. The number of ether oxygens (including phenoxy) is 1. The lowest BCUT2D eigenvalue weighted by molar-refractivity contribution is -0.131. The Balaban J connectivity index is 3.12. The van der Waals surface area contributed by atoms with Gasteiger partial charge in [0, 0.05) is 24.3 Å². The number of carbonyl (C=O) groups excluding carboxylic acids is 1. The molecule has 1 atom stereocenters. The number of aliphatic carboxylic acids is 1. The van der Waals surface area contributed by atoms with E-state index in [0.717, 1.165) is 6.08 Å². The van der Waals surface area contributed by atoms with Crippen LogP contribution in [0.1, 0.15) is 22.8 Å². The third kappa shape index (κ3) is 4.32. The van der Waals surface area contributed by atoms with Crippen molar-refractivity contribution in [1.82, 2.24) is 4.90 Å². The number of rotatable bonds is 6. The predicted octanol–water partition coefficient (Wildman–Crippen LogP) is 1.25. The van der Waals surface area contributed by atoms with E-state index < -0.39 is 5.97 Å². The van der Waals surface area contributed by atoms with Crippen LogP contribution in [0, 0.1) is 0 Å². The Morgan fingerprint density at radius 3 is 2.62 bits per heavy atom. The average Bonchev–Trinajstić information content (AvgIpc) is 2.50. The van der Waals surface area contributed by atoms with Crippen molar-refractivity contribution in [2.45, 2.75) is 13.0 Å². The van der Waals surface area contributed by atoms with Crippen LogP contribution in [0.15, 0.2) is 24.3 Å². The number of aliphatic hydroxyl groups excluding tert-OH is 1. The minimum atomic E-state index is -1.08. The van der Waals surface area contributed by atoms with Crippen LogP contribution in [0.5, 0.6) is 5.75 Å². The Morgan fingerprint density at radius 1 is 1.43 bits per heavy atom. The summed E-state index contributed by atoms with van der Waals surface area (Å²) in [5.41, 5.74) is 0.888. The first kappa shape index (κ1) is 16.7. The van der Waals surface area contributed by atoms with Gasteiger partial charge in [-0.3, -0.25) is 4.79 Å². The first-order valence-electron chi connectivity index (χ1n) is 6.37. The molecule has 1 rings (SSSR count). The Labute approximate surface area is 123 Å². The summed E-state index contributed by atoms with van der Waals surface area (Å²) in [7, 11) is 3.06. The summed E-state index contributed by atoms with van der Waals surface area (Å²) in [5, 5.41) is 17.8. The fourth-order valence-electron chi connectivity index (χ4n) is 1.68. The second kappa shape index (κ2) is 7.44. The fraction of sp³-hybridized carbons (Fsp3) is 0.333. The third-order valence-electron chi connectivity index (χ3n) is 3.13. The number of likely N-dealkylation sites (N-methyl/N-ethyl adjacent to an activating group) is 1. The van der Waals surface area contributed by atoms with E-state index >= 15 is 0 Å². The van der Waals surface area contributed by atoms with Crippen LogP contribution in [0.25, 0.3) is 6.08 Å². The van der Waals surface area contributed by atoms with Crippen LogP contribution >= 0.6 is 0 Å². The van der Waals surface area contributed by atoms with Gasteiger partial charge >= 0.3 is 5.97 Å². The van der Waals surface area contributed by atoms with E-state index in [2.05, 4.69) is 0 Å². The van der Waals surface area contributed by atoms with Crippen molar-refractivity contribution in [3.8, 4) is 5.75 Å². The molecule has 0 fully saturated rings. The summed E-state index contributed by atoms with van der Waals surface area (Å²) in [6.07, 6.45) is 2.35. The number of methoxy groups -OCH3 is 1. The van der Waals surface area contributed by atoms with Crippen molar-refractivity contribution in [2.24, 2.45) is 0 Å². The molecule has 0 spiro atoms. The van der Waals surface area contributed by atoms with Crippen LogP contribution in [0.2, 0.25) is 0 Å². The summed E-state index contributed by atoms with van der Waals surface area (Å²) in [6.45, 7) is 1.59. The first-order chi connectivity index (χ1) is 9.90. The van der Waals surface area contributed by atoms with Gasteiger partial charge in [-0.25, -0.2) is 4.79 Å². The van der Waals surface area contributed by atoms with Crippen molar-refractivity contribution < 1.29 is 24.5 Å². The summed E-state index contributed by atoms with van der Waals surface area (Å²) in [6, 6.07) is 4.45. The number of benzene rings is 1. The molecule has 0 saturated heterocycles. The smallest absolute Gasteiger partial charge is 0.328 e. The zero-order valence-electron chi connectivity index (χ0n) is 12.2. The Hall–Kier alpha value is -2.34. The van der Waals surface area contributed by atoms with Crippen LogP contribution < -0.4 is 4.74 Å². The molecular formula is C15H19NO5. The molecule has 1 aromatic carbocycles. The highest BCUT2D eigenvalue weighted by atomic mass is 16.5. The first-order valence-corrected chi connectivity index (χ1v) is 6.37. The maximum absolute atomic E-state index is 12.3. The zero-order chi connectivity index (χ0) is 16.0. The maximum atomic E-state index is 12.3. The highest BCUT2D eigenvalue weighted by Gasteiger charge is 2.17. The molecule has 6 heteroatoms. The molecule has 0 aromatic heterocycles. The van der Waals surface area contributed by atoms with E-state index in [1.54, 1.807) is 32.2 Å². The van der Waals surface area contributed by atoms with Gasteiger partial charge in [-0.2, -0.15) is 0 Å². The average molecular weight is 293 g/mol. The lowest BCUT2D eigenvalue weighted by Crippen LogP contribution is -2.37. The topological polar surface area (TPSA) is 87.1 Å². The standard InChI is InChI=1S/C15H19NO5/c1-10(9-17)16(2)15(20)12-4-6-13(21-3)11(8-12)5-7-14(18)19/h4-8,10,17H,9H2,1-3H3,(H,18,19)/b7-5+. The molecule has 1 unspecified atom stereocenters. The molecule has 2 N–H and O–H groups in total. The highest BCUT2D eigenvalue weighted by molar-refractivity contribution is 5.95. The molecule has 0 radical (unpaired) electrons. The minimum Gasteiger partial charge on any atom is -0.496 e. The second-order valence-electron chi connectivity index (χ2n) is 4.58. The molecule has 0 aliphatic heterocycles. The Bertz CT molecular complexity index is 553. The largest absolute Gasteiger partial charge is 0.496 e. The SMILES string of the molecule is COc1ccc(C(=O)N(C)C(C)CO)cc1/C=C/C(=O)O. The van der Waals surface area contributed by atoms with Crippen molar-refractivity contribution in [3.63, 3.8) is 0 Å². The third-order valence-corrected chi connectivity index (χ3v) is 3.13. The van der Waals surface area contributed by atoms with E-state index in [-0.39, 0.29) is 18.6 Å². The number of aliphatic hydroxyl groups is 1. The molecule has 0 heterocycles. The van der Waals surface area contributed by atoms with E-state index in [1.807, 2.05) is 0 Å². The maximum Gasteiger partial charge on any atom is 0.328 e. The van der Waals surface area contributed by atoms with Gasteiger partial charge in [-0.1, -0.05) is 0 Å². The molecule has 6 nitrogen and oxygen atoms in total. The van der Waals surface area contributed by atoms with Gasteiger partial charge < -0.3 is 19.8 Å². The van der Waals surface area contributed by atoms with E-state index in [0.29, 0.717) is 16.9 Å². The van der Waals surface area contributed by atoms with E-state index in [4.69, 9.17) is 14.9 Å². The van der Waals surface area contributed by atoms with Gasteiger partial charge in [0.05, 0.1) is 19.8 Å². The van der Waals surface area contributed by atoms with E-state index in [1.165, 1.54) is 18.1 Å². The lowest BCUT2D eigenvalue weighted by Gasteiger charge is -2.23.